The summed E-state index contributed by atoms with van der Waals surface area (Å²) in [5.41, 5.74) is 0. The fourth-order valence-corrected chi connectivity index (χ4v) is 2.77. The molecule has 1 aliphatic heterocycles. The van der Waals surface area contributed by atoms with Crippen LogP contribution in [0.1, 0.15) is 26.2 Å². The quantitative estimate of drug-likeness (QED) is 0.762. The minimum Gasteiger partial charge on any atom is -0.481 e. The van der Waals surface area contributed by atoms with E-state index in [-0.39, 0.29) is 12.4 Å². The molecule has 90 valence electrons. The molecule has 0 bridgehead atoms. The first kappa shape index (κ1) is 15.1. The van der Waals surface area contributed by atoms with E-state index >= 15 is 0 Å². The molecule has 1 rings (SSSR count). The Bertz CT molecular complexity index is 192. The maximum atomic E-state index is 10.3. The fraction of sp³-hybridized carbons (Fsp3) is 0.900. The van der Waals surface area contributed by atoms with Crippen LogP contribution in [0.2, 0.25) is 0 Å². The summed E-state index contributed by atoms with van der Waals surface area (Å²) >= 11 is 2.02. The van der Waals surface area contributed by atoms with E-state index in [0.29, 0.717) is 12.5 Å². The van der Waals surface area contributed by atoms with Gasteiger partial charge in [0.05, 0.1) is 0 Å². The molecule has 0 saturated carbocycles. The lowest BCUT2D eigenvalue weighted by atomic mass is 10.2. The average Bonchev–Trinajstić information content (AvgIpc) is 2.15. The van der Waals surface area contributed by atoms with Crippen LogP contribution < -0.4 is 0 Å². The standard InChI is InChI=1S/C10H19NO2S.ClH/c1-9-8-14-7-6-11(9)5-3-2-4-10(12)13;/h9H,2-8H2,1H3,(H,12,13);1H. The van der Waals surface area contributed by atoms with Gasteiger partial charge in [-0.3, -0.25) is 9.69 Å². The molecule has 0 spiro atoms. The molecule has 15 heavy (non-hydrogen) atoms. The SMILES string of the molecule is CC1CSCCN1CCCCC(=O)O.Cl. The fourth-order valence-electron chi connectivity index (χ4n) is 1.68. The minimum atomic E-state index is -0.674. The zero-order chi connectivity index (χ0) is 10.4. The Morgan fingerprint density at radius 3 is 2.87 bits per heavy atom. The maximum Gasteiger partial charge on any atom is 0.303 e. The zero-order valence-corrected chi connectivity index (χ0v) is 10.8. The molecule has 1 fully saturated rings. The third-order valence-corrected chi connectivity index (χ3v) is 3.78. The summed E-state index contributed by atoms with van der Waals surface area (Å²) in [6.45, 7) is 4.48. The van der Waals surface area contributed by atoms with Crippen LogP contribution in [0.5, 0.6) is 0 Å². The monoisotopic (exact) mass is 253 g/mol. The minimum absolute atomic E-state index is 0. The second kappa shape index (κ2) is 8.25. The Labute approximate surface area is 102 Å². The van der Waals surface area contributed by atoms with Gasteiger partial charge in [-0.25, -0.2) is 0 Å². The van der Waals surface area contributed by atoms with Crippen molar-refractivity contribution in [3.63, 3.8) is 0 Å². The molecular weight excluding hydrogens is 234 g/mol. The highest BCUT2D eigenvalue weighted by Gasteiger charge is 2.17. The van der Waals surface area contributed by atoms with Gasteiger partial charge in [0.2, 0.25) is 0 Å². The summed E-state index contributed by atoms with van der Waals surface area (Å²) in [7, 11) is 0. The van der Waals surface area contributed by atoms with Crippen LogP contribution in [-0.4, -0.2) is 46.6 Å². The lowest BCUT2D eigenvalue weighted by Crippen LogP contribution is -2.40. The number of rotatable bonds is 5. The highest BCUT2D eigenvalue weighted by atomic mass is 35.5. The highest BCUT2D eigenvalue weighted by molar-refractivity contribution is 7.99. The van der Waals surface area contributed by atoms with E-state index in [1.54, 1.807) is 0 Å². The van der Waals surface area contributed by atoms with Gasteiger partial charge in [-0.15, -0.1) is 12.4 Å². The van der Waals surface area contributed by atoms with Gasteiger partial charge in [0, 0.05) is 30.5 Å². The largest absolute Gasteiger partial charge is 0.481 e. The summed E-state index contributed by atoms with van der Waals surface area (Å²) < 4.78 is 0. The molecular formula is C10H20ClNO2S. The summed E-state index contributed by atoms with van der Waals surface area (Å²) in [5.74, 6) is 1.77. The Morgan fingerprint density at radius 1 is 1.53 bits per heavy atom. The van der Waals surface area contributed by atoms with Crippen LogP contribution in [0, 0.1) is 0 Å². The van der Waals surface area contributed by atoms with Gasteiger partial charge < -0.3 is 5.11 Å². The molecule has 1 atom stereocenters. The molecule has 0 radical (unpaired) electrons. The first-order valence-electron chi connectivity index (χ1n) is 5.23. The molecule has 1 unspecified atom stereocenters. The Hall–Kier alpha value is 0.0700. The molecule has 0 aromatic rings. The van der Waals surface area contributed by atoms with Gasteiger partial charge in [0.25, 0.3) is 0 Å². The van der Waals surface area contributed by atoms with Crippen molar-refractivity contribution < 1.29 is 9.90 Å². The van der Waals surface area contributed by atoms with E-state index in [2.05, 4.69) is 11.8 Å². The topological polar surface area (TPSA) is 40.5 Å². The number of hydrogen-bond acceptors (Lipinski definition) is 3. The van der Waals surface area contributed by atoms with Gasteiger partial charge >= 0.3 is 5.97 Å². The van der Waals surface area contributed by atoms with Crippen molar-refractivity contribution in [2.75, 3.05) is 24.6 Å². The second-order valence-corrected chi connectivity index (χ2v) is 4.96. The lowest BCUT2D eigenvalue weighted by Gasteiger charge is -2.32. The molecule has 1 heterocycles. The zero-order valence-electron chi connectivity index (χ0n) is 9.15. The number of nitrogens with zero attached hydrogens (tertiary/aromatic N) is 1. The van der Waals surface area contributed by atoms with Gasteiger partial charge in [-0.05, 0) is 26.3 Å². The first-order valence-corrected chi connectivity index (χ1v) is 6.39. The third-order valence-electron chi connectivity index (χ3n) is 2.59. The Balaban J connectivity index is 0.00000196. The van der Waals surface area contributed by atoms with Crippen LogP contribution in [0.15, 0.2) is 0 Å². The molecule has 0 amide bonds. The number of carbonyl (C=O) groups is 1. The second-order valence-electron chi connectivity index (χ2n) is 3.81. The van der Waals surface area contributed by atoms with Gasteiger partial charge in [-0.2, -0.15) is 11.8 Å². The third kappa shape index (κ3) is 6.28. The molecule has 1 N–H and O–H groups in total. The van der Waals surface area contributed by atoms with Crippen molar-refractivity contribution in [3.05, 3.63) is 0 Å². The first-order chi connectivity index (χ1) is 6.70. The number of aliphatic carboxylic acids is 1. The Kier molecular flexibility index (Phi) is 8.29. The molecule has 1 saturated heterocycles. The number of thioether (sulfide) groups is 1. The van der Waals surface area contributed by atoms with E-state index in [1.807, 2.05) is 11.8 Å². The van der Waals surface area contributed by atoms with Crippen molar-refractivity contribution >= 4 is 30.1 Å². The molecule has 0 aromatic heterocycles. The van der Waals surface area contributed by atoms with Crippen LogP contribution in [-0.2, 0) is 4.79 Å². The summed E-state index contributed by atoms with van der Waals surface area (Å²) in [5, 5.41) is 8.49. The molecule has 0 aromatic carbocycles. The lowest BCUT2D eigenvalue weighted by molar-refractivity contribution is -0.137. The Morgan fingerprint density at radius 2 is 2.27 bits per heavy atom. The van der Waals surface area contributed by atoms with Crippen LogP contribution >= 0.6 is 24.2 Å². The van der Waals surface area contributed by atoms with E-state index < -0.39 is 5.97 Å². The molecule has 5 heteroatoms. The number of unbranched alkanes of at least 4 members (excludes halogenated alkanes) is 1. The van der Waals surface area contributed by atoms with Crippen LogP contribution in [0.25, 0.3) is 0 Å². The molecule has 0 aliphatic carbocycles. The predicted molar refractivity (Wildman–Crippen MR) is 67.1 cm³/mol. The van der Waals surface area contributed by atoms with E-state index in [9.17, 15) is 4.79 Å². The van der Waals surface area contributed by atoms with Crippen molar-refractivity contribution in [1.29, 1.82) is 0 Å². The summed E-state index contributed by atoms with van der Waals surface area (Å²) in [6.07, 6.45) is 2.14. The van der Waals surface area contributed by atoms with Crippen molar-refractivity contribution in [2.24, 2.45) is 0 Å². The number of carboxylic acid groups (broad SMARTS) is 1. The van der Waals surface area contributed by atoms with Crippen LogP contribution in [0.4, 0.5) is 0 Å². The van der Waals surface area contributed by atoms with E-state index in [4.69, 9.17) is 5.11 Å². The van der Waals surface area contributed by atoms with E-state index in [0.717, 1.165) is 19.4 Å². The number of hydrogen-bond donors (Lipinski definition) is 1. The number of carboxylic acids is 1. The highest BCUT2D eigenvalue weighted by Crippen LogP contribution is 2.16. The smallest absolute Gasteiger partial charge is 0.303 e. The van der Waals surface area contributed by atoms with Gasteiger partial charge in [-0.1, -0.05) is 0 Å². The van der Waals surface area contributed by atoms with Crippen molar-refractivity contribution in [1.82, 2.24) is 4.90 Å². The van der Waals surface area contributed by atoms with Gasteiger partial charge in [0.1, 0.15) is 0 Å². The summed E-state index contributed by atoms with van der Waals surface area (Å²) in [6, 6.07) is 0.665. The predicted octanol–water partition coefficient (Wildman–Crippen LogP) is 2.10. The molecule has 3 nitrogen and oxygen atoms in total. The molecule has 1 aliphatic rings. The average molecular weight is 254 g/mol. The van der Waals surface area contributed by atoms with Crippen molar-refractivity contribution in [2.45, 2.75) is 32.2 Å². The maximum absolute atomic E-state index is 10.3. The normalized spacial score (nSPS) is 22.1. The van der Waals surface area contributed by atoms with Crippen molar-refractivity contribution in [3.8, 4) is 0 Å². The van der Waals surface area contributed by atoms with E-state index in [1.165, 1.54) is 18.1 Å². The summed E-state index contributed by atoms with van der Waals surface area (Å²) in [4.78, 5) is 12.8. The number of halogens is 1. The van der Waals surface area contributed by atoms with Gasteiger partial charge in [0.15, 0.2) is 0 Å². The van der Waals surface area contributed by atoms with Crippen LogP contribution in [0.3, 0.4) is 0 Å².